The maximum absolute atomic E-state index is 13.4. The van der Waals surface area contributed by atoms with Crippen molar-refractivity contribution in [3.63, 3.8) is 0 Å². The third kappa shape index (κ3) is 4.63. The molecule has 4 aromatic rings. The fourth-order valence-electron chi connectivity index (χ4n) is 5.09. The standard InChI is InChI=1S/C28H31N7O2/c1-18-31-25-6-4-22(16-26(25)32-18)35-28(29)24(17-30-35)27(36)21-13-19-3-5-23(15-20(19)14-21)37-12-11-34-9-7-33(2)8-10-34/h3-6,13,15-17H,7-12,14,29H2,1-2H3,(H,31,32). The van der Waals surface area contributed by atoms with E-state index >= 15 is 0 Å². The Kier molecular flexibility index (Phi) is 6.02. The minimum atomic E-state index is -0.101. The number of anilines is 1. The van der Waals surface area contributed by atoms with Gasteiger partial charge >= 0.3 is 0 Å². The number of aromatic amines is 1. The minimum absolute atomic E-state index is 0.101. The second-order valence-corrected chi connectivity index (χ2v) is 9.91. The topological polar surface area (TPSA) is 105 Å². The molecule has 2 aliphatic rings. The van der Waals surface area contributed by atoms with Gasteiger partial charge in [0, 0.05) is 44.7 Å². The lowest BCUT2D eigenvalue weighted by Gasteiger charge is -2.32. The van der Waals surface area contributed by atoms with Gasteiger partial charge < -0.3 is 20.4 Å². The summed E-state index contributed by atoms with van der Waals surface area (Å²) in [7, 11) is 2.16. The highest BCUT2D eigenvalue weighted by Gasteiger charge is 2.24. The van der Waals surface area contributed by atoms with E-state index in [1.165, 1.54) is 0 Å². The van der Waals surface area contributed by atoms with Crippen molar-refractivity contribution in [2.45, 2.75) is 13.3 Å². The summed E-state index contributed by atoms with van der Waals surface area (Å²) in [5.74, 6) is 1.90. The fourth-order valence-corrected chi connectivity index (χ4v) is 5.09. The average molecular weight is 498 g/mol. The highest BCUT2D eigenvalue weighted by Crippen LogP contribution is 2.32. The number of carbonyl (C=O) groups excluding carboxylic acids is 1. The lowest BCUT2D eigenvalue weighted by atomic mass is 10.0. The first-order chi connectivity index (χ1) is 17.9. The van der Waals surface area contributed by atoms with E-state index < -0.39 is 0 Å². The Balaban J connectivity index is 1.12. The molecule has 190 valence electrons. The van der Waals surface area contributed by atoms with Crippen molar-refractivity contribution in [3.05, 3.63) is 70.7 Å². The number of likely N-dealkylation sites (N-methyl/N-ethyl adjacent to an activating group) is 1. The molecular formula is C28H31N7O2. The van der Waals surface area contributed by atoms with E-state index in [4.69, 9.17) is 10.5 Å². The van der Waals surface area contributed by atoms with E-state index in [0.717, 1.165) is 72.1 Å². The highest BCUT2D eigenvalue weighted by atomic mass is 16.5. The minimum Gasteiger partial charge on any atom is -0.492 e. The first-order valence-electron chi connectivity index (χ1n) is 12.7. The van der Waals surface area contributed by atoms with Crippen molar-refractivity contribution in [1.82, 2.24) is 29.5 Å². The molecule has 0 radical (unpaired) electrons. The van der Waals surface area contributed by atoms with Crippen LogP contribution in [-0.4, -0.2) is 81.7 Å². The quantitative estimate of drug-likeness (QED) is 0.378. The molecule has 1 saturated heterocycles. The van der Waals surface area contributed by atoms with Crippen LogP contribution in [0.15, 0.2) is 48.2 Å². The number of rotatable bonds is 7. The number of allylic oxidation sites excluding steroid dienone is 1. The maximum Gasteiger partial charge on any atom is 0.194 e. The first kappa shape index (κ1) is 23.4. The Morgan fingerprint density at radius 2 is 1.97 bits per heavy atom. The number of H-pyrrole nitrogens is 1. The van der Waals surface area contributed by atoms with Crippen LogP contribution in [0.2, 0.25) is 0 Å². The van der Waals surface area contributed by atoms with Crippen LogP contribution in [0.4, 0.5) is 5.82 Å². The van der Waals surface area contributed by atoms with Crippen LogP contribution in [-0.2, 0) is 6.42 Å². The van der Waals surface area contributed by atoms with Crippen LogP contribution in [0.3, 0.4) is 0 Å². The van der Waals surface area contributed by atoms with E-state index in [0.29, 0.717) is 30.0 Å². The summed E-state index contributed by atoms with van der Waals surface area (Å²) in [5.41, 5.74) is 12.2. The Hall–Kier alpha value is -3.95. The molecule has 2 aromatic carbocycles. The summed E-state index contributed by atoms with van der Waals surface area (Å²) in [6.45, 7) is 7.85. The number of benzene rings is 2. The number of nitrogens with zero attached hydrogens (tertiary/aromatic N) is 5. The molecule has 1 aliphatic carbocycles. The van der Waals surface area contributed by atoms with E-state index in [2.05, 4.69) is 31.9 Å². The summed E-state index contributed by atoms with van der Waals surface area (Å²) in [4.78, 5) is 25.8. The zero-order chi connectivity index (χ0) is 25.5. The number of piperazine rings is 1. The molecule has 9 nitrogen and oxygen atoms in total. The largest absolute Gasteiger partial charge is 0.492 e. The van der Waals surface area contributed by atoms with Gasteiger partial charge in [-0.25, -0.2) is 9.67 Å². The van der Waals surface area contributed by atoms with E-state index in [1.54, 1.807) is 10.9 Å². The molecule has 0 spiro atoms. The number of nitrogens with one attached hydrogen (secondary N) is 1. The summed E-state index contributed by atoms with van der Waals surface area (Å²) in [6, 6.07) is 11.8. The Bertz CT molecular complexity index is 1510. The monoisotopic (exact) mass is 497 g/mol. The number of aryl methyl sites for hydroxylation is 1. The van der Waals surface area contributed by atoms with Crippen molar-refractivity contribution in [2.75, 3.05) is 52.1 Å². The zero-order valence-corrected chi connectivity index (χ0v) is 21.2. The number of ketones is 1. The van der Waals surface area contributed by atoms with Gasteiger partial charge in [0.05, 0.1) is 28.5 Å². The number of aromatic nitrogens is 4. The second-order valence-electron chi connectivity index (χ2n) is 9.91. The van der Waals surface area contributed by atoms with Crippen LogP contribution in [0.5, 0.6) is 5.75 Å². The number of nitrogen functional groups attached to an aromatic ring is 1. The van der Waals surface area contributed by atoms with Crippen molar-refractivity contribution in [2.24, 2.45) is 0 Å². The molecule has 0 amide bonds. The summed E-state index contributed by atoms with van der Waals surface area (Å²) < 4.78 is 7.64. The van der Waals surface area contributed by atoms with Crippen molar-refractivity contribution in [3.8, 4) is 11.4 Å². The van der Waals surface area contributed by atoms with E-state index in [1.807, 2.05) is 49.4 Å². The molecule has 0 saturated carbocycles. The lowest BCUT2D eigenvalue weighted by molar-refractivity contribution is 0.103. The molecule has 0 unspecified atom stereocenters. The van der Waals surface area contributed by atoms with Gasteiger partial charge in [-0.05, 0) is 61.5 Å². The van der Waals surface area contributed by atoms with E-state index in [-0.39, 0.29) is 5.78 Å². The molecule has 0 atom stereocenters. The number of hydrogen-bond donors (Lipinski definition) is 2. The third-order valence-corrected chi connectivity index (χ3v) is 7.27. The van der Waals surface area contributed by atoms with E-state index in [9.17, 15) is 4.79 Å². The van der Waals surface area contributed by atoms with Gasteiger partial charge in [0.2, 0.25) is 0 Å². The molecule has 3 N–H and O–H groups in total. The van der Waals surface area contributed by atoms with Crippen LogP contribution in [0, 0.1) is 6.92 Å². The van der Waals surface area contributed by atoms with Gasteiger partial charge in [0.1, 0.15) is 24.0 Å². The summed E-state index contributed by atoms with van der Waals surface area (Å²) >= 11 is 0. The van der Waals surface area contributed by atoms with Crippen LogP contribution >= 0.6 is 0 Å². The summed E-state index contributed by atoms with van der Waals surface area (Å²) in [6.07, 6.45) is 4.05. The van der Waals surface area contributed by atoms with Gasteiger partial charge in [-0.1, -0.05) is 6.07 Å². The van der Waals surface area contributed by atoms with Crippen molar-refractivity contribution in [1.29, 1.82) is 0 Å². The molecule has 1 aliphatic heterocycles. The SMILES string of the molecule is Cc1nc2ccc(-n3ncc(C(=O)C4=Cc5ccc(OCCN6CCN(C)CC6)cc5C4)c3N)cc2[nH]1. The average Bonchev–Trinajstić information content (AvgIpc) is 3.59. The van der Waals surface area contributed by atoms with Crippen molar-refractivity contribution < 1.29 is 9.53 Å². The van der Waals surface area contributed by atoms with Gasteiger partial charge in [0.15, 0.2) is 5.78 Å². The van der Waals surface area contributed by atoms with Gasteiger partial charge in [-0.3, -0.25) is 9.69 Å². The van der Waals surface area contributed by atoms with Crippen LogP contribution in [0.25, 0.3) is 22.8 Å². The highest BCUT2D eigenvalue weighted by molar-refractivity contribution is 6.15. The number of fused-ring (bicyclic) bond motifs is 2. The second kappa shape index (κ2) is 9.49. The zero-order valence-electron chi connectivity index (χ0n) is 21.2. The Morgan fingerprint density at radius 3 is 2.81 bits per heavy atom. The smallest absolute Gasteiger partial charge is 0.194 e. The number of Topliss-reactive ketones (excluding diaryl/α,β-unsaturated/α-hetero) is 1. The molecule has 6 rings (SSSR count). The van der Waals surface area contributed by atoms with Crippen molar-refractivity contribution >= 4 is 28.7 Å². The molecule has 3 heterocycles. The van der Waals surface area contributed by atoms with Gasteiger partial charge in [-0.15, -0.1) is 0 Å². The maximum atomic E-state index is 13.4. The molecule has 1 fully saturated rings. The van der Waals surface area contributed by atoms with Crippen LogP contribution in [0.1, 0.15) is 27.3 Å². The van der Waals surface area contributed by atoms with Crippen LogP contribution < -0.4 is 10.5 Å². The fraction of sp³-hybridized carbons (Fsp3) is 0.321. The molecule has 9 heteroatoms. The van der Waals surface area contributed by atoms with Gasteiger partial charge in [-0.2, -0.15) is 5.10 Å². The predicted octanol–water partition coefficient (Wildman–Crippen LogP) is 3.09. The molecular weight excluding hydrogens is 466 g/mol. The molecule has 2 aromatic heterocycles. The third-order valence-electron chi connectivity index (χ3n) is 7.27. The number of nitrogens with two attached hydrogens (primary N) is 1. The predicted molar refractivity (Wildman–Crippen MR) is 144 cm³/mol. The molecule has 0 bridgehead atoms. The lowest BCUT2D eigenvalue weighted by Crippen LogP contribution is -2.45. The first-order valence-corrected chi connectivity index (χ1v) is 12.7. The molecule has 37 heavy (non-hydrogen) atoms. The summed E-state index contributed by atoms with van der Waals surface area (Å²) in [5, 5.41) is 4.41. The normalized spacial score (nSPS) is 16.2. The number of ether oxygens (including phenoxy) is 1. The Labute approximate surface area is 215 Å². The number of imidazole rings is 1. The Morgan fingerprint density at radius 1 is 1.14 bits per heavy atom. The van der Waals surface area contributed by atoms with Gasteiger partial charge in [0.25, 0.3) is 0 Å². The number of carbonyl (C=O) groups is 1. The number of hydrogen-bond acceptors (Lipinski definition) is 7.